The van der Waals surface area contributed by atoms with Crippen molar-refractivity contribution in [1.82, 2.24) is 4.57 Å². The summed E-state index contributed by atoms with van der Waals surface area (Å²) in [4.78, 5) is 36.2. The number of hydrogen-bond acceptors (Lipinski definition) is 5. The van der Waals surface area contributed by atoms with Crippen LogP contribution < -0.4 is 15.6 Å². The molecule has 1 aromatic heterocycles. The fourth-order valence-electron chi connectivity index (χ4n) is 3.21. The largest absolute Gasteiger partial charge is 0.496 e. The third kappa shape index (κ3) is 5.03. The summed E-state index contributed by atoms with van der Waals surface area (Å²) in [5.41, 5.74) is 2.39. The molecule has 32 heavy (non-hydrogen) atoms. The number of nitrogens with zero attached hydrogens (tertiary/aromatic N) is 1. The molecule has 0 atom stereocenters. The number of methoxy groups -OCH3 is 2. The molecule has 1 amide bonds. The van der Waals surface area contributed by atoms with Crippen LogP contribution in [0, 0.1) is 5.82 Å². The number of carbonyl (C=O) groups excluding carboxylic acids is 2. The zero-order valence-corrected chi connectivity index (χ0v) is 18.0. The first-order valence-electron chi connectivity index (χ1n) is 9.91. The van der Waals surface area contributed by atoms with Crippen molar-refractivity contribution in [2.24, 2.45) is 0 Å². The van der Waals surface area contributed by atoms with Gasteiger partial charge in [-0.2, -0.15) is 0 Å². The van der Waals surface area contributed by atoms with E-state index in [2.05, 4.69) is 10.1 Å². The first-order valence-corrected chi connectivity index (χ1v) is 9.91. The summed E-state index contributed by atoms with van der Waals surface area (Å²) >= 11 is 0. The molecule has 0 saturated carbocycles. The Morgan fingerprint density at radius 2 is 1.75 bits per heavy atom. The van der Waals surface area contributed by atoms with Gasteiger partial charge < -0.3 is 19.4 Å². The predicted molar refractivity (Wildman–Crippen MR) is 118 cm³/mol. The number of hydrogen-bond donors (Lipinski definition) is 1. The maximum atomic E-state index is 13.8. The van der Waals surface area contributed by atoms with Gasteiger partial charge in [-0.05, 0) is 53.4 Å². The van der Waals surface area contributed by atoms with Crippen LogP contribution in [0.15, 0.2) is 59.5 Å². The molecule has 1 N–H and O–H groups in total. The maximum absolute atomic E-state index is 13.8. The van der Waals surface area contributed by atoms with Crippen molar-refractivity contribution in [2.75, 3.05) is 19.5 Å². The van der Waals surface area contributed by atoms with Crippen LogP contribution in [0.2, 0.25) is 0 Å². The minimum absolute atomic E-state index is 0.257. The van der Waals surface area contributed by atoms with Crippen LogP contribution in [0.1, 0.15) is 22.8 Å². The second-order valence-electron chi connectivity index (χ2n) is 6.99. The van der Waals surface area contributed by atoms with E-state index in [0.717, 1.165) is 15.7 Å². The molecular formula is C24H23FN2O5. The second-order valence-corrected chi connectivity index (χ2v) is 6.99. The van der Waals surface area contributed by atoms with Crippen molar-refractivity contribution < 1.29 is 23.5 Å². The highest BCUT2D eigenvalue weighted by atomic mass is 19.1. The van der Waals surface area contributed by atoms with E-state index < -0.39 is 17.4 Å². The summed E-state index contributed by atoms with van der Waals surface area (Å²) < 4.78 is 24.9. The van der Waals surface area contributed by atoms with Crippen LogP contribution in [-0.2, 0) is 22.5 Å². The number of ether oxygens (including phenoxy) is 2. The first-order chi connectivity index (χ1) is 15.4. The number of benzene rings is 2. The van der Waals surface area contributed by atoms with Gasteiger partial charge in [0.25, 0.3) is 11.5 Å². The van der Waals surface area contributed by atoms with E-state index in [-0.39, 0.29) is 17.9 Å². The number of aromatic nitrogens is 1. The van der Waals surface area contributed by atoms with E-state index in [1.165, 1.54) is 38.6 Å². The summed E-state index contributed by atoms with van der Waals surface area (Å²) in [6.07, 6.45) is 1.93. The Bertz CT molecular complexity index is 1220. The maximum Gasteiger partial charge on any atom is 0.325 e. The Morgan fingerprint density at radius 1 is 1.03 bits per heavy atom. The van der Waals surface area contributed by atoms with Crippen LogP contribution in [0.3, 0.4) is 0 Å². The zero-order chi connectivity index (χ0) is 23.3. The van der Waals surface area contributed by atoms with Gasteiger partial charge in [0.05, 0.1) is 25.5 Å². The summed E-state index contributed by atoms with van der Waals surface area (Å²) in [6.45, 7) is 1.61. The minimum atomic E-state index is -0.583. The third-order valence-electron chi connectivity index (χ3n) is 4.97. The van der Waals surface area contributed by atoms with Crippen molar-refractivity contribution in [1.29, 1.82) is 0 Å². The van der Waals surface area contributed by atoms with Crippen LogP contribution in [0.5, 0.6) is 5.75 Å². The summed E-state index contributed by atoms with van der Waals surface area (Å²) in [7, 11) is 2.68. The molecule has 3 aromatic rings. The number of aryl methyl sites for hydroxylation is 1. The first kappa shape index (κ1) is 22.7. The number of nitrogens with one attached hydrogen (secondary N) is 1. The molecule has 7 nitrogen and oxygen atoms in total. The lowest BCUT2D eigenvalue weighted by atomic mass is 9.99. The number of rotatable bonds is 7. The van der Waals surface area contributed by atoms with Gasteiger partial charge in [0.15, 0.2) is 0 Å². The number of esters is 1. The molecule has 0 radical (unpaired) electrons. The molecule has 0 aliphatic heterocycles. The average molecular weight is 438 g/mol. The highest BCUT2D eigenvalue weighted by molar-refractivity contribution is 6.06. The van der Waals surface area contributed by atoms with Gasteiger partial charge in [-0.1, -0.05) is 19.1 Å². The molecule has 0 aliphatic rings. The number of amides is 1. The molecule has 2 aromatic carbocycles. The Morgan fingerprint density at radius 3 is 2.44 bits per heavy atom. The smallest absolute Gasteiger partial charge is 0.325 e. The Kier molecular flexibility index (Phi) is 7.04. The summed E-state index contributed by atoms with van der Waals surface area (Å²) in [6, 6.07) is 12.6. The molecular weight excluding hydrogens is 415 g/mol. The normalized spacial score (nSPS) is 10.5. The Hall–Kier alpha value is -3.94. The minimum Gasteiger partial charge on any atom is -0.496 e. The van der Waals surface area contributed by atoms with Gasteiger partial charge >= 0.3 is 5.97 Å². The second kappa shape index (κ2) is 9.91. The van der Waals surface area contributed by atoms with Crippen molar-refractivity contribution in [2.45, 2.75) is 19.9 Å². The molecule has 0 bridgehead atoms. The molecule has 3 rings (SSSR count). The van der Waals surface area contributed by atoms with E-state index in [0.29, 0.717) is 23.4 Å². The SMILES string of the molecule is CCc1cc(-c2ccc(C(=O)Nc3ccc(=O)n(CC(=O)OC)c3)c(OC)c2)ccc1F. The third-order valence-corrected chi connectivity index (χ3v) is 4.97. The number of anilines is 1. The molecule has 0 aliphatic carbocycles. The van der Waals surface area contributed by atoms with Gasteiger partial charge in [0, 0.05) is 12.3 Å². The van der Waals surface area contributed by atoms with Gasteiger partial charge in [-0.3, -0.25) is 14.4 Å². The van der Waals surface area contributed by atoms with Crippen LogP contribution in [0.4, 0.5) is 10.1 Å². The Balaban J connectivity index is 1.87. The van der Waals surface area contributed by atoms with Crippen molar-refractivity contribution >= 4 is 17.6 Å². The van der Waals surface area contributed by atoms with E-state index in [1.807, 2.05) is 6.92 Å². The molecule has 0 fully saturated rings. The zero-order valence-electron chi connectivity index (χ0n) is 18.0. The molecule has 0 spiro atoms. The quantitative estimate of drug-likeness (QED) is 0.569. The number of pyridine rings is 1. The monoisotopic (exact) mass is 438 g/mol. The molecule has 1 heterocycles. The number of carbonyl (C=O) groups is 2. The summed E-state index contributed by atoms with van der Waals surface area (Å²) in [5.74, 6) is -0.956. The predicted octanol–water partition coefficient (Wildman–Crippen LogP) is 3.65. The summed E-state index contributed by atoms with van der Waals surface area (Å²) in [5, 5.41) is 2.70. The van der Waals surface area contributed by atoms with Crippen molar-refractivity contribution in [3.05, 3.63) is 82.0 Å². The van der Waals surface area contributed by atoms with Crippen molar-refractivity contribution in [3.63, 3.8) is 0 Å². The molecule has 166 valence electrons. The molecule has 0 unspecified atom stereocenters. The fraction of sp³-hybridized carbons (Fsp3) is 0.208. The van der Waals surface area contributed by atoms with Gasteiger partial charge in [0.2, 0.25) is 0 Å². The topological polar surface area (TPSA) is 86.6 Å². The van der Waals surface area contributed by atoms with E-state index in [1.54, 1.807) is 30.3 Å². The molecule has 0 saturated heterocycles. The highest BCUT2D eigenvalue weighted by Gasteiger charge is 2.15. The van der Waals surface area contributed by atoms with Crippen LogP contribution >= 0.6 is 0 Å². The lowest BCUT2D eigenvalue weighted by Crippen LogP contribution is -2.24. The average Bonchev–Trinajstić information content (AvgIpc) is 2.80. The van der Waals surface area contributed by atoms with Gasteiger partial charge in [-0.15, -0.1) is 0 Å². The van der Waals surface area contributed by atoms with Gasteiger partial charge in [0.1, 0.15) is 18.1 Å². The highest BCUT2D eigenvalue weighted by Crippen LogP contribution is 2.29. The fourth-order valence-corrected chi connectivity index (χ4v) is 3.21. The van der Waals surface area contributed by atoms with Crippen LogP contribution in [-0.4, -0.2) is 30.7 Å². The van der Waals surface area contributed by atoms with Crippen molar-refractivity contribution in [3.8, 4) is 16.9 Å². The van der Waals surface area contributed by atoms with Crippen LogP contribution in [0.25, 0.3) is 11.1 Å². The van der Waals surface area contributed by atoms with Gasteiger partial charge in [-0.25, -0.2) is 4.39 Å². The Labute approximate surface area is 184 Å². The van der Waals surface area contributed by atoms with E-state index in [9.17, 15) is 18.8 Å². The lowest BCUT2D eigenvalue weighted by Gasteiger charge is -2.13. The van der Waals surface area contributed by atoms with E-state index >= 15 is 0 Å². The molecule has 8 heteroatoms. The standard InChI is InChI=1S/C24H23FN2O5/c1-4-15-11-16(6-9-20(15)25)17-5-8-19(21(12-17)31-2)24(30)26-18-7-10-22(28)27(13-18)14-23(29)32-3/h5-13H,4,14H2,1-3H3,(H,26,30). The lowest BCUT2D eigenvalue weighted by molar-refractivity contribution is -0.141. The number of halogens is 1. The van der Waals surface area contributed by atoms with E-state index in [4.69, 9.17) is 4.74 Å².